The summed E-state index contributed by atoms with van der Waals surface area (Å²) in [5.74, 6) is 0.0706. The summed E-state index contributed by atoms with van der Waals surface area (Å²) in [6, 6.07) is 3.68. The number of hydrogen-bond acceptors (Lipinski definition) is 4. The monoisotopic (exact) mass is 318 g/mol. The van der Waals surface area contributed by atoms with Crippen LogP contribution in [-0.4, -0.2) is 10.4 Å². The van der Waals surface area contributed by atoms with Gasteiger partial charge in [0, 0.05) is 11.1 Å². The summed E-state index contributed by atoms with van der Waals surface area (Å²) in [5.41, 5.74) is 0. The maximum atomic E-state index is 11.7. The van der Waals surface area contributed by atoms with Gasteiger partial charge in [0.05, 0.1) is 11.4 Å². The van der Waals surface area contributed by atoms with Gasteiger partial charge < -0.3 is 4.57 Å². The Morgan fingerprint density at radius 1 is 1.56 bits per heavy atom. The molecule has 0 aliphatic heterocycles. The van der Waals surface area contributed by atoms with Crippen LogP contribution in [0.25, 0.3) is 0 Å². The van der Waals surface area contributed by atoms with Crippen molar-refractivity contribution < 1.29 is 4.79 Å². The van der Waals surface area contributed by atoms with Gasteiger partial charge in [-0.1, -0.05) is 6.07 Å². The van der Waals surface area contributed by atoms with Crippen molar-refractivity contribution >= 4 is 45.4 Å². The van der Waals surface area contributed by atoms with Crippen molar-refractivity contribution in [3.05, 3.63) is 38.3 Å². The van der Waals surface area contributed by atoms with Crippen LogP contribution in [0.3, 0.4) is 0 Å². The van der Waals surface area contributed by atoms with Gasteiger partial charge in [-0.15, -0.1) is 39.7 Å². The lowest BCUT2D eigenvalue weighted by Crippen LogP contribution is -2.17. The molecule has 3 nitrogen and oxygen atoms in total. The van der Waals surface area contributed by atoms with Gasteiger partial charge in [-0.3, -0.25) is 10.2 Å². The van der Waals surface area contributed by atoms with E-state index in [1.807, 2.05) is 30.6 Å². The van der Waals surface area contributed by atoms with Crippen LogP contribution in [0.1, 0.15) is 14.5 Å². The van der Waals surface area contributed by atoms with E-state index in [9.17, 15) is 4.79 Å². The van der Waals surface area contributed by atoms with E-state index in [2.05, 4.69) is 0 Å². The first kappa shape index (κ1) is 13.3. The smallest absolute Gasteiger partial charge is 0.192 e. The highest BCUT2D eigenvalue weighted by Crippen LogP contribution is 2.10. The molecule has 0 spiro atoms. The number of carbonyl (C=O) groups is 1. The van der Waals surface area contributed by atoms with Crippen LogP contribution in [-0.2, 0) is 6.54 Å². The highest BCUT2D eigenvalue weighted by Gasteiger charge is 2.08. The quantitative estimate of drug-likeness (QED) is 0.869. The van der Waals surface area contributed by atoms with Gasteiger partial charge in [-0.05, 0) is 18.4 Å². The number of thiazole rings is 1. The van der Waals surface area contributed by atoms with Gasteiger partial charge in [-0.2, -0.15) is 0 Å². The normalized spacial score (nSPS) is 9.81. The van der Waals surface area contributed by atoms with Gasteiger partial charge >= 0.3 is 0 Å². The number of Topliss-reactive ketones (excluding diaryl/α,β-unsaturated/α-hetero) is 1. The fourth-order valence-corrected chi connectivity index (χ4v) is 2.68. The third kappa shape index (κ3) is 2.90. The summed E-state index contributed by atoms with van der Waals surface area (Å²) < 4.78 is 1.68. The number of ketones is 1. The lowest BCUT2D eigenvalue weighted by molar-refractivity contribution is 0.0975. The first-order valence-electron chi connectivity index (χ1n) is 4.45. The van der Waals surface area contributed by atoms with E-state index >= 15 is 0 Å². The Morgan fingerprint density at radius 3 is 2.81 bits per heavy atom. The molecule has 16 heavy (non-hydrogen) atoms. The lowest BCUT2D eigenvalue weighted by Gasteiger charge is -1.98. The van der Waals surface area contributed by atoms with Crippen LogP contribution in [0, 0.1) is 12.3 Å². The summed E-state index contributed by atoms with van der Waals surface area (Å²) in [6.07, 6.45) is 1.85. The summed E-state index contributed by atoms with van der Waals surface area (Å²) in [5, 5.41) is 9.53. The first-order valence-corrected chi connectivity index (χ1v) is 6.14. The van der Waals surface area contributed by atoms with E-state index in [1.165, 1.54) is 22.7 Å². The molecular weight excluding hydrogens is 308 g/mol. The predicted molar refractivity (Wildman–Crippen MR) is 71.9 cm³/mol. The second-order valence-corrected chi connectivity index (χ2v) is 5.36. The van der Waals surface area contributed by atoms with E-state index in [-0.39, 0.29) is 29.3 Å². The van der Waals surface area contributed by atoms with Crippen LogP contribution in [0.2, 0.25) is 0 Å². The molecule has 0 unspecified atom stereocenters. The van der Waals surface area contributed by atoms with Gasteiger partial charge in [0.15, 0.2) is 10.6 Å². The minimum absolute atomic E-state index is 0. The van der Waals surface area contributed by atoms with Crippen molar-refractivity contribution in [2.24, 2.45) is 0 Å². The molecule has 1 N–H and O–H groups in total. The van der Waals surface area contributed by atoms with Crippen LogP contribution in [0.4, 0.5) is 0 Å². The highest BCUT2D eigenvalue weighted by molar-refractivity contribution is 8.93. The summed E-state index contributed by atoms with van der Waals surface area (Å²) in [4.78, 5) is 14.0. The molecular formula is C10H11BrN2OS2. The molecule has 0 aliphatic carbocycles. The minimum Gasteiger partial charge on any atom is -0.316 e. The largest absolute Gasteiger partial charge is 0.316 e. The Kier molecular flexibility index (Phi) is 4.64. The molecule has 86 valence electrons. The van der Waals surface area contributed by atoms with Crippen molar-refractivity contribution in [2.45, 2.75) is 13.5 Å². The molecule has 2 aromatic heterocycles. The number of halogens is 1. The molecule has 6 heteroatoms. The molecule has 0 saturated carbocycles. The fourth-order valence-electron chi connectivity index (χ4n) is 1.30. The number of nitrogens with one attached hydrogen (secondary N) is 1. The number of aromatic nitrogens is 1. The van der Waals surface area contributed by atoms with Crippen LogP contribution in [0.5, 0.6) is 0 Å². The van der Waals surface area contributed by atoms with Crippen molar-refractivity contribution in [3.8, 4) is 0 Å². The topological polar surface area (TPSA) is 45.9 Å². The standard InChI is InChI=1S/C10H10N2OS2.BrH/c1-7-5-12(10(11)15-7)6-8(13)9-3-2-4-14-9;/h2-5,11H,6H2,1H3;1H. The van der Waals surface area contributed by atoms with Gasteiger partial charge in [0.1, 0.15) is 0 Å². The molecule has 0 fully saturated rings. The number of carbonyl (C=O) groups excluding carboxylic acids is 1. The van der Waals surface area contributed by atoms with Crippen molar-refractivity contribution in [3.63, 3.8) is 0 Å². The molecule has 0 atom stereocenters. The molecule has 2 aromatic rings. The highest BCUT2D eigenvalue weighted by atomic mass is 79.9. The molecule has 2 heterocycles. The molecule has 0 amide bonds. The van der Waals surface area contributed by atoms with E-state index in [0.717, 1.165) is 9.75 Å². The van der Waals surface area contributed by atoms with E-state index in [1.54, 1.807) is 4.57 Å². The second-order valence-electron chi connectivity index (χ2n) is 3.18. The Labute approximate surface area is 112 Å². The zero-order valence-corrected chi connectivity index (χ0v) is 11.9. The number of thiophene rings is 1. The third-order valence-electron chi connectivity index (χ3n) is 1.97. The summed E-state index contributed by atoms with van der Waals surface area (Å²) >= 11 is 2.83. The maximum Gasteiger partial charge on any atom is 0.192 e. The Bertz CT molecular complexity index is 527. The minimum atomic E-state index is 0. The second kappa shape index (κ2) is 5.56. The average molecular weight is 319 g/mol. The average Bonchev–Trinajstić information content (AvgIpc) is 2.76. The Morgan fingerprint density at radius 2 is 2.31 bits per heavy atom. The van der Waals surface area contributed by atoms with Crippen molar-refractivity contribution in [1.29, 1.82) is 5.41 Å². The Balaban J connectivity index is 0.00000128. The zero-order chi connectivity index (χ0) is 10.8. The Hall–Kier alpha value is -0.720. The zero-order valence-electron chi connectivity index (χ0n) is 8.60. The third-order valence-corrected chi connectivity index (χ3v) is 3.73. The molecule has 0 aliphatic rings. The van der Waals surface area contributed by atoms with Gasteiger partial charge in [-0.25, -0.2) is 0 Å². The number of rotatable bonds is 3. The van der Waals surface area contributed by atoms with Crippen LogP contribution in [0.15, 0.2) is 23.7 Å². The van der Waals surface area contributed by atoms with Crippen LogP contribution < -0.4 is 4.80 Å². The first-order chi connectivity index (χ1) is 7.16. The van der Waals surface area contributed by atoms with E-state index in [0.29, 0.717) is 4.80 Å². The number of nitrogens with zero attached hydrogens (tertiary/aromatic N) is 1. The lowest BCUT2D eigenvalue weighted by atomic mass is 10.3. The molecule has 0 aromatic carbocycles. The predicted octanol–water partition coefficient (Wildman–Crippen LogP) is 2.86. The fraction of sp³-hybridized carbons (Fsp3) is 0.200. The maximum absolute atomic E-state index is 11.7. The molecule has 2 rings (SSSR count). The summed E-state index contributed by atoms with van der Waals surface area (Å²) in [6.45, 7) is 2.21. The van der Waals surface area contributed by atoms with Crippen molar-refractivity contribution in [1.82, 2.24) is 4.57 Å². The molecule has 0 saturated heterocycles. The van der Waals surface area contributed by atoms with Gasteiger partial charge in [0.25, 0.3) is 0 Å². The number of hydrogen-bond donors (Lipinski definition) is 1. The SMILES string of the molecule is Br.Cc1cn(CC(=O)c2cccs2)c(=N)s1. The summed E-state index contributed by atoms with van der Waals surface area (Å²) in [7, 11) is 0. The van der Waals surface area contributed by atoms with E-state index < -0.39 is 0 Å². The van der Waals surface area contributed by atoms with Crippen molar-refractivity contribution in [2.75, 3.05) is 0 Å². The number of aryl methyl sites for hydroxylation is 1. The molecule has 0 radical (unpaired) electrons. The van der Waals surface area contributed by atoms with Gasteiger partial charge in [0.2, 0.25) is 0 Å². The van der Waals surface area contributed by atoms with E-state index in [4.69, 9.17) is 5.41 Å². The molecule has 0 bridgehead atoms. The van der Waals surface area contributed by atoms with Crippen LogP contribution >= 0.6 is 39.7 Å².